The van der Waals surface area contributed by atoms with Gasteiger partial charge in [0, 0.05) is 6.07 Å². The molecule has 0 bridgehead atoms. The first-order valence-corrected chi connectivity index (χ1v) is 4.36. The number of rotatable bonds is 2. The fraction of sp³-hybridized carbons (Fsp3) is 0.333. The highest BCUT2D eigenvalue weighted by Crippen LogP contribution is 2.32. The Balaban J connectivity index is 3.19. The molecular formula is C9H11BrO2. The van der Waals surface area contributed by atoms with Gasteiger partial charge in [-0.25, -0.2) is 0 Å². The van der Waals surface area contributed by atoms with Gasteiger partial charge in [0.2, 0.25) is 0 Å². The van der Waals surface area contributed by atoms with E-state index in [0.29, 0.717) is 0 Å². The lowest BCUT2D eigenvalue weighted by Gasteiger charge is -2.08. The van der Waals surface area contributed by atoms with Crippen molar-refractivity contribution in [2.75, 3.05) is 14.2 Å². The van der Waals surface area contributed by atoms with E-state index >= 15 is 0 Å². The molecular weight excluding hydrogens is 220 g/mol. The molecule has 0 spiro atoms. The van der Waals surface area contributed by atoms with Crippen molar-refractivity contribution in [2.24, 2.45) is 0 Å². The molecule has 66 valence electrons. The maximum atomic E-state index is 5.14. The van der Waals surface area contributed by atoms with Crippen LogP contribution in [0.2, 0.25) is 0 Å². The van der Waals surface area contributed by atoms with Crippen molar-refractivity contribution in [1.29, 1.82) is 0 Å². The second kappa shape index (κ2) is 3.81. The summed E-state index contributed by atoms with van der Waals surface area (Å²) in [4.78, 5) is 0. The molecule has 0 aromatic heterocycles. The van der Waals surface area contributed by atoms with Gasteiger partial charge in [0.05, 0.1) is 18.7 Å². The minimum absolute atomic E-state index is 0.798. The van der Waals surface area contributed by atoms with E-state index in [1.807, 2.05) is 19.1 Å². The molecule has 12 heavy (non-hydrogen) atoms. The van der Waals surface area contributed by atoms with E-state index in [-0.39, 0.29) is 0 Å². The van der Waals surface area contributed by atoms with Crippen molar-refractivity contribution in [2.45, 2.75) is 6.92 Å². The van der Waals surface area contributed by atoms with Crippen LogP contribution in [0, 0.1) is 6.92 Å². The first kappa shape index (κ1) is 9.39. The summed E-state index contributed by atoms with van der Waals surface area (Å²) >= 11 is 3.42. The first-order valence-electron chi connectivity index (χ1n) is 3.57. The van der Waals surface area contributed by atoms with Gasteiger partial charge in [0.1, 0.15) is 11.5 Å². The van der Waals surface area contributed by atoms with E-state index in [1.54, 1.807) is 14.2 Å². The van der Waals surface area contributed by atoms with Gasteiger partial charge in [-0.15, -0.1) is 0 Å². The quantitative estimate of drug-likeness (QED) is 0.779. The molecule has 0 N–H and O–H groups in total. The molecule has 0 unspecified atom stereocenters. The van der Waals surface area contributed by atoms with Gasteiger partial charge in [-0.05, 0) is 34.5 Å². The third-order valence-electron chi connectivity index (χ3n) is 1.65. The molecule has 1 aromatic rings. The first-order chi connectivity index (χ1) is 5.69. The topological polar surface area (TPSA) is 18.5 Å². The van der Waals surface area contributed by atoms with Crippen LogP contribution in [-0.2, 0) is 0 Å². The van der Waals surface area contributed by atoms with Crippen LogP contribution >= 0.6 is 15.9 Å². The van der Waals surface area contributed by atoms with E-state index < -0.39 is 0 Å². The van der Waals surface area contributed by atoms with E-state index in [2.05, 4.69) is 15.9 Å². The molecule has 0 saturated carbocycles. The molecule has 1 rings (SSSR count). The van der Waals surface area contributed by atoms with Gasteiger partial charge in [-0.2, -0.15) is 0 Å². The van der Waals surface area contributed by atoms with Crippen molar-refractivity contribution in [3.63, 3.8) is 0 Å². The van der Waals surface area contributed by atoms with Gasteiger partial charge in [-0.1, -0.05) is 0 Å². The Labute approximate surface area is 80.6 Å². The Morgan fingerprint density at radius 2 is 1.83 bits per heavy atom. The highest BCUT2D eigenvalue weighted by molar-refractivity contribution is 9.10. The number of hydrogen-bond acceptors (Lipinski definition) is 2. The lowest BCUT2D eigenvalue weighted by Crippen LogP contribution is -1.90. The molecule has 0 saturated heterocycles. The number of aryl methyl sites for hydroxylation is 1. The molecule has 0 fully saturated rings. The summed E-state index contributed by atoms with van der Waals surface area (Å²) in [6, 6.07) is 3.80. The van der Waals surface area contributed by atoms with Crippen molar-refractivity contribution in [3.8, 4) is 11.5 Å². The molecule has 0 radical (unpaired) electrons. The zero-order chi connectivity index (χ0) is 9.14. The van der Waals surface area contributed by atoms with E-state index in [9.17, 15) is 0 Å². The molecule has 0 aliphatic carbocycles. The van der Waals surface area contributed by atoms with Crippen LogP contribution < -0.4 is 9.47 Å². The lowest BCUT2D eigenvalue weighted by atomic mass is 10.2. The average Bonchev–Trinajstić information content (AvgIpc) is 2.09. The van der Waals surface area contributed by atoms with Crippen LogP contribution in [0.1, 0.15) is 5.56 Å². The molecule has 0 aliphatic heterocycles. The third-order valence-corrected chi connectivity index (χ3v) is 2.67. The summed E-state index contributed by atoms with van der Waals surface area (Å²) in [5.74, 6) is 1.61. The summed E-state index contributed by atoms with van der Waals surface area (Å²) in [5.41, 5.74) is 1.10. The summed E-state index contributed by atoms with van der Waals surface area (Å²) in [6.07, 6.45) is 0. The van der Waals surface area contributed by atoms with E-state index in [4.69, 9.17) is 9.47 Å². The average molecular weight is 231 g/mol. The molecule has 0 amide bonds. The zero-order valence-electron chi connectivity index (χ0n) is 7.35. The van der Waals surface area contributed by atoms with Crippen LogP contribution in [0.3, 0.4) is 0 Å². The Morgan fingerprint density at radius 3 is 2.33 bits per heavy atom. The van der Waals surface area contributed by atoms with Crippen molar-refractivity contribution < 1.29 is 9.47 Å². The van der Waals surface area contributed by atoms with Crippen LogP contribution in [0.5, 0.6) is 11.5 Å². The molecule has 0 aliphatic rings. The monoisotopic (exact) mass is 230 g/mol. The summed E-state index contributed by atoms with van der Waals surface area (Å²) < 4.78 is 11.2. The maximum absolute atomic E-state index is 5.14. The van der Waals surface area contributed by atoms with Gasteiger partial charge < -0.3 is 9.47 Å². The SMILES string of the molecule is COc1cc(C)c(Br)c(OC)c1. The van der Waals surface area contributed by atoms with Crippen LogP contribution in [0.4, 0.5) is 0 Å². The summed E-state index contributed by atoms with van der Waals surface area (Å²) in [6.45, 7) is 2.00. The largest absolute Gasteiger partial charge is 0.497 e. The second-order valence-electron chi connectivity index (χ2n) is 2.46. The van der Waals surface area contributed by atoms with Crippen LogP contribution in [0.25, 0.3) is 0 Å². The maximum Gasteiger partial charge on any atom is 0.136 e. The summed E-state index contributed by atoms with van der Waals surface area (Å²) in [7, 11) is 3.28. The normalized spacial score (nSPS) is 9.67. The molecule has 2 nitrogen and oxygen atoms in total. The summed E-state index contributed by atoms with van der Waals surface area (Å²) in [5, 5.41) is 0. The molecule has 0 atom stereocenters. The van der Waals surface area contributed by atoms with Gasteiger partial charge >= 0.3 is 0 Å². The Morgan fingerprint density at radius 1 is 1.17 bits per heavy atom. The van der Waals surface area contributed by atoms with Crippen molar-refractivity contribution in [3.05, 3.63) is 22.2 Å². The minimum Gasteiger partial charge on any atom is -0.497 e. The fourth-order valence-electron chi connectivity index (χ4n) is 0.972. The molecule has 3 heteroatoms. The highest BCUT2D eigenvalue weighted by atomic mass is 79.9. The smallest absolute Gasteiger partial charge is 0.136 e. The van der Waals surface area contributed by atoms with Gasteiger partial charge in [-0.3, -0.25) is 0 Å². The lowest BCUT2D eigenvalue weighted by molar-refractivity contribution is 0.392. The third kappa shape index (κ3) is 1.72. The number of methoxy groups -OCH3 is 2. The van der Waals surface area contributed by atoms with Crippen molar-refractivity contribution >= 4 is 15.9 Å². The van der Waals surface area contributed by atoms with Gasteiger partial charge in [0.15, 0.2) is 0 Å². The standard InChI is InChI=1S/C9H11BrO2/c1-6-4-7(11-2)5-8(12-3)9(6)10/h4-5H,1-3H3. The number of halogens is 1. The van der Waals surface area contributed by atoms with Crippen molar-refractivity contribution in [1.82, 2.24) is 0 Å². The fourth-order valence-corrected chi connectivity index (χ4v) is 1.36. The van der Waals surface area contributed by atoms with E-state index in [0.717, 1.165) is 21.5 Å². The molecule has 1 aromatic carbocycles. The van der Waals surface area contributed by atoms with E-state index in [1.165, 1.54) is 0 Å². The Hall–Kier alpha value is -0.700. The Bertz CT molecular complexity index is 284. The van der Waals surface area contributed by atoms with Gasteiger partial charge in [0.25, 0.3) is 0 Å². The predicted octanol–water partition coefficient (Wildman–Crippen LogP) is 2.77. The second-order valence-corrected chi connectivity index (χ2v) is 3.25. The minimum atomic E-state index is 0.798. The zero-order valence-corrected chi connectivity index (χ0v) is 8.94. The number of hydrogen-bond donors (Lipinski definition) is 0. The highest BCUT2D eigenvalue weighted by Gasteiger charge is 2.05. The number of benzene rings is 1. The predicted molar refractivity (Wildman–Crippen MR) is 52.0 cm³/mol. The van der Waals surface area contributed by atoms with Crippen LogP contribution in [0.15, 0.2) is 16.6 Å². The Kier molecular flexibility index (Phi) is 2.98. The number of ether oxygens (including phenoxy) is 2. The van der Waals surface area contributed by atoms with Crippen LogP contribution in [-0.4, -0.2) is 14.2 Å². The molecule has 0 heterocycles.